The van der Waals surface area contributed by atoms with E-state index in [9.17, 15) is 9.59 Å². The average molecular weight is 562 g/mol. The molecule has 0 unspecified atom stereocenters. The quantitative estimate of drug-likeness (QED) is 0.219. The second-order valence-corrected chi connectivity index (χ2v) is 9.78. The lowest BCUT2D eigenvalue weighted by atomic mass is 10.1. The number of para-hydroxylation sites is 1. The van der Waals surface area contributed by atoms with Crippen LogP contribution in [0.4, 0.5) is 5.69 Å². The van der Waals surface area contributed by atoms with Gasteiger partial charge in [-0.05, 0) is 42.8 Å². The smallest absolute Gasteiger partial charge is 0.338 e. The molecule has 0 atom stereocenters. The van der Waals surface area contributed by atoms with E-state index < -0.39 is 0 Å². The van der Waals surface area contributed by atoms with Crippen LogP contribution in [0.15, 0.2) is 48.5 Å². The third-order valence-corrected chi connectivity index (χ3v) is 6.78. The number of esters is 1. The van der Waals surface area contributed by atoms with Crippen LogP contribution in [0.1, 0.15) is 79.0 Å². The second-order valence-electron chi connectivity index (χ2n) is 9.78. The van der Waals surface area contributed by atoms with Crippen LogP contribution >= 0.6 is 0 Å². The molecule has 0 spiro atoms. The molecule has 3 rings (SSSR count). The number of nitrogens with zero attached hydrogens (tertiary/aromatic N) is 1. The van der Waals surface area contributed by atoms with Crippen molar-refractivity contribution in [1.29, 1.82) is 0 Å². The Morgan fingerprint density at radius 1 is 0.889 bits per heavy atom. The molecule has 0 saturated carbocycles. The minimum Gasteiger partial charge on any atom is -1.00 e. The number of unbranched alkanes of at least 4 members (excludes halogenated alkanes) is 5. The fraction of sp³-hybridized carbons (Fsp3) is 0.517. The lowest BCUT2D eigenvalue weighted by Gasteiger charge is -2.28. The summed E-state index contributed by atoms with van der Waals surface area (Å²) < 4.78 is 12.4. The summed E-state index contributed by atoms with van der Waals surface area (Å²) in [6.45, 7) is 6.39. The van der Waals surface area contributed by atoms with Crippen LogP contribution in [0, 0.1) is 0 Å². The zero-order valence-corrected chi connectivity index (χ0v) is 23.4. The van der Waals surface area contributed by atoms with Crippen molar-refractivity contribution in [3.05, 3.63) is 59.7 Å². The highest BCUT2D eigenvalue weighted by molar-refractivity contribution is 6.06. The van der Waals surface area contributed by atoms with E-state index in [1.807, 2.05) is 18.2 Å². The van der Waals surface area contributed by atoms with Gasteiger partial charge >= 0.3 is 5.97 Å². The number of hydrogen-bond acceptors (Lipinski definition) is 4. The van der Waals surface area contributed by atoms with Crippen LogP contribution in [-0.2, 0) is 4.74 Å². The van der Waals surface area contributed by atoms with Gasteiger partial charge in [0, 0.05) is 18.5 Å². The van der Waals surface area contributed by atoms with Crippen molar-refractivity contribution in [3.8, 4) is 5.75 Å². The fourth-order valence-electron chi connectivity index (χ4n) is 4.50. The van der Waals surface area contributed by atoms with E-state index >= 15 is 0 Å². The maximum Gasteiger partial charge on any atom is 0.338 e. The highest BCUT2D eigenvalue weighted by atomic mass is 79.9. The van der Waals surface area contributed by atoms with Gasteiger partial charge in [0.25, 0.3) is 5.91 Å². The van der Waals surface area contributed by atoms with Crippen LogP contribution in [0.3, 0.4) is 0 Å². The van der Waals surface area contributed by atoms with Crippen molar-refractivity contribution in [2.45, 2.75) is 58.3 Å². The standard InChI is InChI=1S/C29H40N2O4.BrH/c1-3-4-5-6-7-12-22-34-27-14-9-8-13-26(27)28(32)30-25-17-15-24(16-18-25)29(33)35-23-21-31(2)19-10-11-20-31;/h8-9,13-18H,3-7,10-12,19-23H2,1-2H3;1H. The highest BCUT2D eigenvalue weighted by Gasteiger charge is 2.26. The average Bonchev–Trinajstić information content (AvgIpc) is 3.30. The molecule has 6 nitrogen and oxygen atoms in total. The lowest BCUT2D eigenvalue weighted by Crippen LogP contribution is -3.00. The monoisotopic (exact) mass is 560 g/mol. The summed E-state index contributed by atoms with van der Waals surface area (Å²) in [5, 5.41) is 2.90. The Bertz CT molecular complexity index is 943. The van der Waals surface area contributed by atoms with E-state index in [0.717, 1.165) is 37.0 Å². The van der Waals surface area contributed by atoms with Gasteiger partial charge in [0.15, 0.2) is 0 Å². The van der Waals surface area contributed by atoms with Gasteiger partial charge in [-0.3, -0.25) is 4.79 Å². The number of quaternary nitrogens is 1. The molecule has 0 bridgehead atoms. The molecule has 2 aromatic carbocycles. The third kappa shape index (κ3) is 9.58. The van der Waals surface area contributed by atoms with Crippen molar-refractivity contribution in [2.75, 3.05) is 45.2 Å². The van der Waals surface area contributed by atoms with Crippen molar-refractivity contribution in [3.63, 3.8) is 0 Å². The summed E-state index contributed by atoms with van der Waals surface area (Å²) in [5.41, 5.74) is 1.60. The zero-order valence-electron chi connectivity index (χ0n) is 21.8. The molecule has 2 aromatic rings. The van der Waals surface area contributed by atoms with Crippen molar-refractivity contribution >= 4 is 17.6 Å². The number of anilines is 1. The number of benzene rings is 2. The summed E-state index contributed by atoms with van der Waals surface area (Å²) in [4.78, 5) is 25.3. The summed E-state index contributed by atoms with van der Waals surface area (Å²) in [6.07, 6.45) is 9.62. The van der Waals surface area contributed by atoms with Gasteiger partial charge < -0.3 is 36.3 Å². The van der Waals surface area contributed by atoms with E-state index in [-0.39, 0.29) is 28.9 Å². The number of hydrogen-bond donors (Lipinski definition) is 1. The maximum absolute atomic E-state index is 12.9. The highest BCUT2D eigenvalue weighted by Crippen LogP contribution is 2.21. The number of amides is 1. The topological polar surface area (TPSA) is 64.6 Å². The van der Waals surface area contributed by atoms with Crippen molar-refractivity contribution < 1.29 is 40.5 Å². The van der Waals surface area contributed by atoms with E-state index in [0.29, 0.717) is 35.8 Å². The first-order chi connectivity index (χ1) is 17.0. The minimum absolute atomic E-state index is 0. The van der Waals surface area contributed by atoms with Crippen LogP contribution in [0.5, 0.6) is 5.75 Å². The Balaban J connectivity index is 0.00000456. The largest absolute Gasteiger partial charge is 1.00 e. The first-order valence-corrected chi connectivity index (χ1v) is 13.1. The van der Waals surface area contributed by atoms with Crippen LogP contribution in [0.25, 0.3) is 0 Å². The molecule has 7 heteroatoms. The normalized spacial score (nSPS) is 14.1. The number of halogens is 1. The van der Waals surface area contributed by atoms with Gasteiger partial charge in [-0.15, -0.1) is 0 Å². The molecule has 36 heavy (non-hydrogen) atoms. The number of nitrogens with one attached hydrogen (secondary N) is 1. The van der Waals surface area contributed by atoms with Gasteiger partial charge in [0.05, 0.1) is 37.9 Å². The van der Waals surface area contributed by atoms with E-state index in [4.69, 9.17) is 9.47 Å². The predicted octanol–water partition coefficient (Wildman–Crippen LogP) is 3.08. The third-order valence-electron chi connectivity index (χ3n) is 6.78. The molecule has 1 aliphatic rings. The Kier molecular flexibility index (Phi) is 13.0. The van der Waals surface area contributed by atoms with Gasteiger partial charge in [-0.2, -0.15) is 0 Å². The van der Waals surface area contributed by atoms with Crippen LogP contribution in [-0.4, -0.2) is 56.3 Å². The van der Waals surface area contributed by atoms with E-state index in [2.05, 4.69) is 19.3 Å². The molecule has 0 aromatic heterocycles. The Morgan fingerprint density at radius 2 is 1.56 bits per heavy atom. The Labute approximate surface area is 226 Å². The SMILES string of the molecule is CCCCCCCCOc1ccccc1C(=O)Nc1ccc(C(=O)OCC[N+]2(C)CCCC2)cc1.[Br-]. The van der Waals surface area contributed by atoms with E-state index in [1.54, 1.807) is 30.3 Å². The zero-order chi connectivity index (χ0) is 24.9. The number of carbonyl (C=O) groups excluding carboxylic acids is 2. The number of rotatable bonds is 14. The number of likely N-dealkylation sites (N-methyl/N-ethyl adjacent to an activating group) is 1. The predicted molar refractivity (Wildman–Crippen MR) is 140 cm³/mol. The van der Waals surface area contributed by atoms with Gasteiger partial charge in [0.1, 0.15) is 18.9 Å². The van der Waals surface area contributed by atoms with Gasteiger partial charge in [0.2, 0.25) is 0 Å². The Hall–Kier alpha value is -2.38. The van der Waals surface area contributed by atoms with Gasteiger partial charge in [-0.25, -0.2) is 4.79 Å². The molecule has 0 aliphatic carbocycles. The fourth-order valence-corrected chi connectivity index (χ4v) is 4.50. The van der Waals surface area contributed by atoms with Crippen molar-refractivity contribution in [1.82, 2.24) is 0 Å². The molecule has 0 radical (unpaired) electrons. The summed E-state index contributed by atoms with van der Waals surface area (Å²) >= 11 is 0. The molecule has 1 amide bonds. The van der Waals surface area contributed by atoms with Crippen molar-refractivity contribution in [2.24, 2.45) is 0 Å². The minimum atomic E-state index is -0.331. The molecule has 198 valence electrons. The first kappa shape index (κ1) is 29.8. The number of ether oxygens (including phenoxy) is 2. The lowest BCUT2D eigenvalue weighted by molar-refractivity contribution is -0.897. The Morgan fingerprint density at radius 3 is 2.28 bits per heavy atom. The summed E-state index contributed by atoms with van der Waals surface area (Å²) in [7, 11) is 2.22. The maximum atomic E-state index is 12.9. The second kappa shape index (κ2) is 15.7. The summed E-state index contributed by atoms with van der Waals surface area (Å²) in [5.74, 6) is 0.0247. The van der Waals surface area contributed by atoms with Gasteiger partial charge in [-0.1, -0.05) is 51.2 Å². The van der Waals surface area contributed by atoms with Crippen LogP contribution < -0.4 is 27.0 Å². The molecule has 1 saturated heterocycles. The van der Waals surface area contributed by atoms with Crippen LogP contribution in [0.2, 0.25) is 0 Å². The molecular formula is C29H41BrN2O4. The summed E-state index contributed by atoms with van der Waals surface area (Å²) in [6, 6.07) is 14.1. The first-order valence-electron chi connectivity index (χ1n) is 13.1. The molecule has 1 fully saturated rings. The molecular weight excluding hydrogens is 520 g/mol. The molecule has 1 aliphatic heterocycles. The molecule has 1 heterocycles. The number of likely N-dealkylation sites (tertiary alicyclic amines) is 1. The number of carbonyl (C=O) groups is 2. The molecule has 1 N–H and O–H groups in total. The van der Waals surface area contributed by atoms with E-state index in [1.165, 1.54) is 38.5 Å².